The lowest BCUT2D eigenvalue weighted by atomic mass is 10.0. The number of hydrogen-bond acceptors (Lipinski definition) is 3. The Morgan fingerprint density at radius 1 is 0.889 bits per heavy atom. The van der Waals surface area contributed by atoms with Crippen LogP contribution in [0, 0.1) is 4.78 Å². The SMILES string of the molecule is CS(=N)(=O)c1ccc(-c2ccccc2Nc2ccc(C(F)(F)F)cc2)cc1. The van der Waals surface area contributed by atoms with E-state index in [0.717, 1.165) is 28.9 Å². The summed E-state index contributed by atoms with van der Waals surface area (Å²) < 4.78 is 57.5. The Labute approximate surface area is 155 Å². The number of nitrogens with one attached hydrogen (secondary N) is 2. The van der Waals surface area contributed by atoms with Gasteiger partial charge in [-0.15, -0.1) is 0 Å². The number of benzene rings is 3. The lowest BCUT2D eigenvalue weighted by Gasteiger charge is -2.14. The van der Waals surface area contributed by atoms with Crippen molar-refractivity contribution >= 4 is 21.1 Å². The van der Waals surface area contributed by atoms with Crippen LogP contribution in [0.5, 0.6) is 0 Å². The third-order valence-corrected chi connectivity index (χ3v) is 5.21. The van der Waals surface area contributed by atoms with Gasteiger partial charge in [0.05, 0.1) is 15.3 Å². The number of alkyl halides is 3. The van der Waals surface area contributed by atoms with Crippen molar-refractivity contribution in [3.63, 3.8) is 0 Å². The molecule has 0 aliphatic carbocycles. The minimum atomic E-state index is -4.37. The van der Waals surface area contributed by atoms with E-state index < -0.39 is 21.5 Å². The molecule has 0 saturated heterocycles. The molecule has 1 unspecified atom stereocenters. The molecule has 0 saturated carbocycles. The van der Waals surface area contributed by atoms with Gasteiger partial charge in [0, 0.05) is 28.1 Å². The summed E-state index contributed by atoms with van der Waals surface area (Å²) >= 11 is 0. The highest BCUT2D eigenvalue weighted by molar-refractivity contribution is 7.91. The third-order valence-electron chi connectivity index (χ3n) is 4.03. The van der Waals surface area contributed by atoms with Gasteiger partial charge in [0.1, 0.15) is 0 Å². The lowest BCUT2D eigenvalue weighted by molar-refractivity contribution is -0.137. The molecule has 3 nitrogen and oxygen atoms in total. The molecule has 27 heavy (non-hydrogen) atoms. The predicted molar refractivity (Wildman–Crippen MR) is 102 cm³/mol. The Kier molecular flexibility index (Phi) is 4.97. The van der Waals surface area contributed by atoms with Crippen LogP contribution >= 0.6 is 0 Å². The van der Waals surface area contributed by atoms with E-state index in [0.29, 0.717) is 10.6 Å². The molecule has 0 aromatic heterocycles. The van der Waals surface area contributed by atoms with Crippen molar-refractivity contribution in [3.8, 4) is 11.1 Å². The van der Waals surface area contributed by atoms with Gasteiger partial charge in [-0.25, -0.2) is 8.99 Å². The zero-order valence-electron chi connectivity index (χ0n) is 14.4. The quantitative estimate of drug-likeness (QED) is 0.561. The van der Waals surface area contributed by atoms with E-state index in [4.69, 9.17) is 4.78 Å². The maximum atomic E-state index is 12.7. The molecule has 140 valence electrons. The summed E-state index contributed by atoms with van der Waals surface area (Å²) in [5.74, 6) is 0. The van der Waals surface area contributed by atoms with Gasteiger partial charge in [-0.1, -0.05) is 30.3 Å². The topological polar surface area (TPSA) is 53.0 Å². The molecule has 1 atom stereocenters. The standard InChI is InChI=1S/C20H17F3N2OS/c1-27(24,26)17-12-6-14(7-13-17)18-4-2-3-5-19(18)25-16-10-8-15(9-11-16)20(21,22)23/h2-13,24-25H,1H3. The highest BCUT2D eigenvalue weighted by atomic mass is 32.2. The van der Waals surface area contributed by atoms with Gasteiger partial charge >= 0.3 is 6.18 Å². The van der Waals surface area contributed by atoms with Gasteiger partial charge in [-0.05, 0) is 48.0 Å². The molecule has 3 rings (SSSR count). The smallest absolute Gasteiger partial charge is 0.355 e. The fourth-order valence-corrected chi connectivity index (χ4v) is 3.29. The van der Waals surface area contributed by atoms with E-state index in [1.165, 1.54) is 18.4 Å². The average Bonchev–Trinajstić information content (AvgIpc) is 2.61. The maximum absolute atomic E-state index is 12.7. The summed E-state index contributed by atoms with van der Waals surface area (Å²) in [6.07, 6.45) is -3.00. The van der Waals surface area contributed by atoms with Gasteiger partial charge in [-0.2, -0.15) is 13.2 Å². The van der Waals surface area contributed by atoms with Crippen LogP contribution < -0.4 is 5.32 Å². The van der Waals surface area contributed by atoms with Gasteiger partial charge in [0.15, 0.2) is 0 Å². The molecule has 0 spiro atoms. The molecule has 0 radical (unpaired) electrons. The summed E-state index contributed by atoms with van der Waals surface area (Å²) in [4.78, 5) is 0.444. The molecule has 0 aliphatic heterocycles. The summed E-state index contributed by atoms with van der Waals surface area (Å²) in [7, 11) is -2.78. The second-order valence-electron chi connectivity index (χ2n) is 6.11. The fraction of sp³-hybridized carbons (Fsp3) is 0.100. The van der Waals surface area contributed by atoms with Crippen molar-refractivity contribution < 1.29 is 17.4 Å². The van der Waals surface area contributed by atoms with E-state index in [1.54, 1.807) is 24.3 Å². The largest absolute Gasteiger partial charge is 0.416 e. The van der Waals surface area contributed by atoms with Crippen molar-refractivity contribution in [3.05, 3.63) is 78.4 Å². The zero-order valence-corrected chi connectivity index (χ0v) is 15.2. The Morgan fingerprint density at radius 2 is 1.48 bits per heavy atom. The van der Waals surface area contributed by atoms with Crippen LogP contribution in [0.3, 0.4) is 0 Å². The Hall–Kier alpha value is -2.80. The molecule has 3 aromatic rings. The van der Waals surface area contributed by atoms with Crippen molar-refractivity contribution in [1.82, 2.24) is 0 Å². The highest BCUT2D eigenvalue weighted by Crippen LogP contribution is 2.33. The molecule has 0 bridgehead atoms. The van der Waals surface area contributed by atoms with Crippen LogP contribution in [-0.2, 0) is 15.9 Å². The monoisotopic (exact) mass is 390 g/mol. The van der Waals surface area contributed by atoms with Gasteiger partial charge in [0.2, 0.25) is 0 Å². The van der Waals surface area contributed by atoms with Crippen LogP contribution in [0.4, 0.5) is 24.5 Å². The van der Waals surface area contributed by atoms with E-state index in [-0.39, 0.29) is 0 Å². The number of para-hydroxylation sites is 1. The van der Waals surface area contributed by atoms with Crippen LogP contribution in [0.25, 0.3) is 11.1 Å². The van der Waals surface area contributed by atoms with Crippen molar-refractivity contribution in [2.45, 2.75) is 11.1 Å². The number of anilines is 2. The normalized spacial score (nSPS) is 13.8. The van der Waals surface area contributed by atoms with Crippen molar-refractivity contribution in [1.29, 1.82) is 4.78 Å². The number of rotatable bonds is 4. The maximum Gasteiger partial charge on any atom is 0.416 e. The molecule has 0 aliphatic rings. The van der Waals surface area contributed by atoms with Crippen molar-refractivity contribution in [2.24, 2.45) is 0 Å². The third kappa shape index (κ3) is 4.49. The molecular weight excluding hydrogens is 373 g/mol. The summed E-state index contributed by atoms with van der Waals surface area (Å²) in [6, 6.07) is 19.1. The highest BCUT2D eigenvalue weighted by Gasteiger charge is 2.29. The lowest BCUT2D eigenvalue weighted by Crippen LogP contribution is -2.04. The van der Waals surface area contributed by atoms with Gasteiger partial charge in [-0.3, -0.25) is 0 Å². The van der Waals surface area contributed by atoms with Crippen LogP contribution in [0.1, 0.15) is 5.56 Å². The fourth-order valence-electron chi connectivity index (χ4n) is 2.64. The predicted octanol–water partition coefficient (Wildman–Crippen LogP) is 6.15. The van der Waals surface area contributed by atoms with E-state index >= 15 is 0 Å². The van der Waals surface area contributed by atoms with Gasteiger partial charge in [0.25, 0.3) is 0 Å². The van der Waals surface area contributed by atoms with E-state index in [2.05, 4.69) is 5.32 Å². The number of hydrogen-bond donors (Lipinski definition) is 2. The first-order valence-electron chi connectivity index (χ1n) is 8.02. The van der Waals surface area contributed by atoms with Crippen LogP contribution in [0.15, 0.2) is 77.7 Å². The van der Waals surface area contributed by atoms with E-state index in [1.807, 2.05) is 24.3 Å². The molecule has 7 heteroatoms. The molecule has 2 N–H and O–H groups in total. The molecule has 0 heterocycles. The molecule has 3 aromatic carbocycles. The first-order valence-corrected chi connectivity index (χ1v) is 9.99. The molecule has 0 fully saturated rings. The summed E-state index contributed by atoms with van der Waals surface area (Å²) in [6.45, 7) is 0. The first-order chi connectivity index (χ1) is 12.6. The van der Waals surface area contributed by atoms with Crippen LogP contribution in [0.2, 0.25) is 0 Å². The minimum Gasteiger partial charge on any atom is -0.355 e. The Bertz CT molecular complexity index is 1040. The first kappa shape index (κ1) is 19.0. The number of halogens is 3. The molecule has 0 amide bonds. The average molecular weight is 390 g/mol. The second-order valence-corrected chi connectivity index (χ2v) is 8.27. The molecular formula is C20H17F3N2OS. The van der Waals surface area contributed by atoms with Crippen LogP contribution in [-0.4, -0.2) is 10.5 Å². The summed E-state index contributed by atoms with van der Waals surface area (Å²) in [5, 5.41) is 3.13. The van der Waals surface area contributed by atoms with E-state index in [9.17, 15) is 17.4 Å². The Balaban J connectivity index is 1.90. The summed E-state index contributed by atoms with van der Waals surface area (Å²) in [5.41, 5.74) is 2.26. The zero-order chi connectivity index (χ0) is 19.7. The Morgan fingerprint density at radius 3 is 2.04 bits per heavy atom. The second kappa shape index (κ2) is 7.08. The minimum absolute atomic E-state index is 0.444. The van der Waals surface area contributed by atoms with Gasteiger partial charge < -0.3 is 5.32 Å². The van der Waals surface area contributed by atoms with Crippen molar-refractivity contribution in [2.75, 3.05) is 11.6 Å².